The Hall–Kier alpha value is -6.01. The number of anilines is 2. The zero-order chi connectivity index (χ0) is 40.9. The molecule has 0 radical (unpaired) electrons. The summed E-state index contributed by atoms with van der Waals surface area (Å²) in [6, 6.07) is 25.5. The van der Waals surface area contributed by atoms with E-state index in [-0.39, 0.29) is 4.90 Å². The molecule has 2 aliphatic rings. The molecule has 0 atom stereocenters. The number of halogens is 3. The van der Waals surface area contributed by atoms with Crippen LogP contribution >= 0.6 is 0 Å². The van der Waals surface area contributed by atoms with Crippen LogP contribution in [0.5, 0.6) is 0 Å². The van der Waals surface area contributed by atoms with Crippen molar-refractivity contribution in [3.63, 3.8) is 0 Å². The summed E-state index contributed by atoms with van der Waals surface area (Å²) in [5.74, 6) is -0.831. The van der Waals surface area contributed by atoms with Gasteiger partial charge in [0.15, 0.2) is 0 Å². The molecule has 0 amide bonds. The van der Waals surface area contributed by atoms with E-state index in [1.165, 1.54) is 22.3 Å². The normalized spacial score (nSPS) is 15.2. The Morgan fingerprint density at radius 3 is 1.47 bits per heavy atom. The van der Waals surface area contributed by atoms with E-state index in [0.29, 0.717) is 39.2 Å². The summed E-state index contributed by atoms with van der Waals surface area (Å²) in [4.78, 5) is 13.3. The van der Waals surface area contributed by atoms with Crippen LogP contribution in [0.15, 0.2) is 125 Å². The lowest BCUT2D eigenvalue weighted by Gasteiger charge is -2.29. The SMILES string of the molecule is O=S(=O)(c1cc(F)ccc1F)n1ccc2c(N3CCNCC3)nc3ccccc3c21.O=S(=O)(c1ccc(F)cc1)n1ccc2c(N3CCNCC3)nc3ccccc3c21. The molecule has 302 valence electrons. The molecule has 12 nitrogen and oxygen atoms in total. The predicted octanol–water partition coefficient (Wildman–Crippen LogP) is 6.09. The van der Waals surface area contributed by atoms with Crippen LogP contribution in [0.2, 0.25) is 0 Å². The smallest absolute Gasteiger partial charge is 0.271 e. The zero-order valence-electron chi connectivity index (χ0n) is 31.4. The fourth-order valence-corrected chi connectivity index (χ4v) is 10.6. The standard InChI is InChI=1S/C21H18F2N4O2S.C21H19FN4O2S/c22-14-5-6-17(23)19(13-14)30(28,29)27-10-7-16-20(27)15-3-1-2-4-18(15)25-21(16)26-11-8-24-9-12-26;22-15-5-7-16(8-6-15)29(27,28)26-12-9-18-20(26)17-3-1-2-4-19(17)24-21(18)25-13-10-23-11-14-25/h1-7,10,13,24H,8-9,11-12H2;1-9,12,23H,10-11,13-14H2. The van der Waals surface area contributed by atoms with Gasteiger partial charge in [-0.15, -0.1) is 0 Å². The Bertz CT molecular complexity index is 3110. The molecule has 4 aromatic heterocycles. The molecule has 0 aliphatic carbocycles. The number of rotatable bonds is 6. The summed E-state index contributed by atoms with van der Waals surface area (Å²) >= 11 is 0. The van der Waals surface area contributed by atoms with E-state index >= 15 is 0 Å². The molecule has 2 fully saturated rings. The Kier molecular flexibility index (Phi) is 9.99. The number of fused-ring (bicyclic) bond motifs is 6. The third-order valence-corrected chi connectivity index (χ3v) is 14.0. The Morgan fingerprint density at radius 1 is 0.508 bits per heavy atom. The molecule has 8 aromatic rings. The minimum Gasteiger partial charge on any atom is -0.353 e. The number of nitrogens with one attached hydrogen (secondary N) is 2. The maximum absolute atomic E-state index is 14.4. The monoisotopic (exact) mass is 838 g/mol. The van der Waals surface area contributed by atoms with Crippen LogP contribution in [-0.4, -0.2) is 87.1 Å². The molecule has 0 saturated carbocycles. The summed E-state index contributed by atoms with van der Waals surface area (Å²) in [6.07, 6.45) is 2.94. The van der Waals surface area contributed by atoms with Crippen molar-refractivity contribution in [1.29, 1.82) is 0 Å². The molecule has 4 aromatic carbocycles. The summed E-state index contributed by atoms with van der Waals surface area (Å²) in [6.45, 7) is 6.36. The van der Waals surface area contributed by atoms with Gasteiger partial charge in [0.25, 0.3) is 20.0 Å². The molecular weight excluding hydrogens is 802 g/mol. The van der Waals surface area contributed by atoms with Gasteiger partial charge >= 0.3 is 0 Å². The number of piperazine rings is 2. The lowest BCUT2D eigenvalue weighted by Crippen LogP contribution is -2.44. The zero-order valence-corrected chi connectivity index (χ0v) is 33.0. The van der Waals surface area contributed by atoms with Crippen LogP contribution in [0, 0.1) is 17.5 Å². The van der Waals surface area contributed by atoms with Crippen LogP contribution in [0.25, 0.3) is 43.6 Å². The molecule has 59 heavy (non-hydrogen) atoms. The molecule has 0 unspecified atom stereocenters. The van der Waals surface area contributed by atoms with Crippen molar-refractivity contribution in [3.05, 3.63) is 133 Å². The fraction of sp³-hybridized carbons (Fsp3) is 0.190. The molecule has 2 aliphatic heterocycles. The number of para-hydroxylation sites is 2. The van der Waals surface area contributed by atoms with Gasteiger partial charge in [-0.25, -0.2) is 47.9 Å². The highest BCUT2D eigenvalue weighted by molar-refractivity contribution is 7.90. The first-order valence-electron chi connectivity index (χ1n) is 18.9. The third kappa shape index (κ3) is 6.92. The highest BCUT2D eigenvalue weighted by Gasteiger charge is 2.28. The summed E-state index contributed by atoms with van der Waals surface area (Å²) < 4.78 is 97.1. The van der Waals surface area contributed by atoms with Gasteiger partial charge in [0.1, 0.15) is 34.0 Å². The van der Waals surface area contributed by atoms with Crippen LogP contribution in [0.4, 0.5) is 24.8 Å². The number of aromatic nitrogens is 4. The maximum Gasteiger partial charge on any atom is 0.271 e. The topological polar surface area (TPSA) is 134 Å². The number of benzene rings is 4. The number of pyridine rings is 2. The van der Waals surface area contributed by atoms with Crippen molar-refractivity contribution in [1.82, 2.24) is 28.5 Å². The Balaban J connectivity index is 0.000000152. The highest BCUT2D eigenvalue weighted by Crippen LogP contribution is 2.36. The van der Waals surface area contributed by atoms with Crippen LogP contribution in [-0.2, 0) is 20.0 Å². The largest absolute Gasteiger partial charge is 0.353 e. The molecule has 2 saturated heterocycles. The van der Waals surface area contributed by atoms with Gasteiger partial charge in [-0.2, -0.15) is 0 Å². The lowest BCUT2D eigenvalue weighted by atomic mass is 10.1. The van der Waals surface area contributed by atoms with Gasteiger partial charge in [-0.3, -0.25) is 0 Å². The average Bonchev–Trinajstić information content (AvgIpc) is 3.93. The van der Waals surface area contributed by atoms with Crippen molar-refractivity contribution >= 4 is 75.3 Å². The average molecular weight is 839 g/mol. The van der Waals surface area contributed by atoms with Crippen LogP contribution in [0.1, 0.15) is 0 Å². The second-order valence-corrected chi connectivity index (χ2v) is 17.8. The summed E-state index contributed by atoms with van der Waals surface area (Å²) in [7, 11) is -8.26. The minimum atomic E-state index is -4.37. The van der Waals surface area contributed by atoms with Gasteiger partial charge in [-0.1, -0.05) is 36.4 Å². The second kappa shape index (κ2) is 15.3. The van der Waals surface area contributed by atoms with E-state index in [4.69, 9.17) is 9.97 Å². The van der Waals surface area contributed by atoms with Crippen molar-refractivity contribution < 1.29 is 30.0 Å². The van der Waals surface area contributed by atoms with E-state index in [9.17, 15) is 30.0 Å². The first kappa shape index (κ1) is 38.5. The summed E-state index contributed by atoms with van der Waals surface area (Å²) in [5.41, 5.74) is 2.36. The quantitative estimate of drug-likeness (QED) is 0.203. The first-order valence-corrected chi connectivity index (χ1v) is 21.8. The van der Waals surface area contributed by atoms with Gasteiger partial charge in [-0.05, 0) is 66.7 Å². The van der Waals surface area contributed by atoms with E-state index in [0.717, 1.165) is 103 Å². The third-order valence-electron chi connectivity index (χ3n) is 10.6. The van der Waals surface area contributed by atoms with Gasteiger partial charge in [0, 0.05) is 86.3 Å². The Labute approximate surface area is 337 Å². The van der Waals surface area contributed by atoms with Crippen molar-refractivity contribution in [2.24, 2.45) is 0 Å². The van der Waals surface area contributed by atoms with Crippen molar-refractivity contribution in [2.45, 2.75) is 9.79 Å². The van der Waals surface area contributed by atoms with E-state index in [2.05, 4.69) is 20.4 Å². The van der Waals surface area contributed by atoms with E-state index < -0.39 is 42.4 Å². The van der Waals surface area contributed by atoms with E-state index in [1.807, 2.05) is 36.4 Å². The van der Waals surface area contributed by atoms with Gasteiger partial charge in [0.05, 0.1) is 27.0 Å². The van der Waals surface area contributed by atoms with Crippen molar-refractivity contribution in [3.8, 4) is 0 Å². The highest BCUT2D eigenvalue weighted by atomic mass is 32.2. The number of nitrogens with zero attached hydrogens (tertiary/aromatic N) is 6. The first-order chi connectivity index (χ1) is 28.5. The summed E-state index contributed by atoms with van der Waals surface area (Å²) in [5, 5.41) is 9.43. The molecule has 6 heterocycles. The van der Waals surface area contributed by atoms with Crippen LogP contribution < -0.4 is 20.4 Å². The van der Waals surface area contributed by atoms with Gasteiger partial charge < -0.3 is 20.4 Å². The molecule has 0 bridgehead atoms. The number of hydrogen-bond donors (Lipinski definition) is 2. The molecule has 17 heteroatoms. The molecular formula is C42H37F3N8O4S2. The number of hydrogen-bond acceptors (Lipinski definition) is 10. The fourth-order valence-electron chi connectivity index (χ4n) is 7.75. The molecule has 0 spiro atoms. The minimum absolute atomic E-state index is 0.0426. The van der Waals surface area contributed by atoms with Gasteiger partial charge in [0.2, 0.25) is 0 Å². The van der Waals surface area contributed by atoms with E-state index in [1.54, 1.807) is 30.5 Å². The maximum atomic E-state index is 14.4. The predicted molar refractivity (Wildman–Crippen MR) is 223 cm³/mol. The van der Waals surface area contributed by atoms with Crippen LogP contribution in [0.3, 0.4) is 0 Å². The lowest BCUT2D eigenvalue weighted by molar-refractivity contribution is 0.549. The van der Waals surface area contributed by atoms with Crippen molar-refractivity contribution in [2.75, 3.05) is 62.2 Å². The Morgan fingerprint density at radius 2 is 0.966 bits per heavy atom. The second-order valence-electron chi connectivity index (χ2n) is 14.2. The molecule has 10 rings (SSSR count). The molecule has 2 N–H and O–H groups in total.